The summed E-state index contributed by atoms with van der Waals surface area (Å²) in [6.07, 6.45) is 1.20. The van der Waals surface area contributed by atoms with Gasteiger partial charge in [-0.2, -0.15) is 0 Å². The monoisotopic (exact) mass is 313 g/mol. The van der Waals surface area contributed by atoms with Gasteiger partial charge in [-0.15, -0.1) is 0 Å². The molecule has 0 radical (unpaired) electrons. The lowest BCUT2D eigenvalue weighted by Crippen LogP contribution is -2.34. The molecule has 1 aromatic carbocycles. The maximum absolute atomic E-state index is 12.0. The van der Waals surface area contributed by atoms with Crippen LogP contribution >= 0.6 is 0 Å². The topological polar surface area (TPSA) is 87.3 Å². The van der Waals surface area contributed by atoms with E-state index in [-0.39, 0.29) is 23.9 Å². The molecule has 0 atom stereocenters. The fourth-order valence-electron chi connectivity index (χ4n) is 1.70. The van der Waals surface area contributed by atoms with Crippen molar-refractivity contribution in [3.63, 3.8) is 0 Å². The molecule has 21 heavy (non-hydrogen) atoms. The van der Waals surface area contributed by atoms with Crippen molar-refractivity contribution in [1.82, 2.24) is 15.4 Å². The van der Waals surface area contributed by atoms with Gasteiger partial charge < -0.3 is 10.6 Å². The van der Waals surface area contributed by atoms with E-state index < -0.39 is 10.0 Å². The predicted molar refractivity (Wildman–Crippen MR) is 82.5 cm³/mol. The van der Waals surface area contributed by atoms with Crippen molar-refractivity contribution in [3.05, 3.63) is 29.8 Å². The smallest absolute Gasteiger partial charge is 0.240 e. The molecule has 0 aliphatic carbocycles. The molecule has 118 valence electrons. The summed E-state index contributed by atoms with van der Waals surface area (Å²) < 4.78 is 26.4. The van der Waals surface area contributed by atoms with Crippen LogP contribution in [0.25, 0.3) is 0 Å². The molecule has 1 amide bonds. The van der Waals surface area contributed by atoms with Gasteiger partial charge in [0.25, 0.3) is 0 Å². The second-order valence-electron chi connectivity index (χ2n) is 4.77. The summed E-state index contributed by atoms with van der Waals surface area (Å²) in [4.78, 5) is 11.7. The van der Waals surface area contributed by atoms with Gasteiger partial charge in [0.1, 0.15) is 0 Å². The van der Waals surface area contributed by atoms with E-state index in [1.54, 1.807) is 24.3 Å². The minimum absolute atomic E-state index is 0.0696. The number of hydrogen-bond donors (Lipinski definition) is 3. The van der Waals surface area contributed by atoms with Gasteiger partial charge in [0.05, 0.1) is 4.90 Å². The number of carbonyl (C=O) groups is 1. The molecule has 0 bridgehead atoms. The molecule has 0 fully saturated rings. The summed E-state index contributed by atoms with van der Waals surface area (Å²) in [6, 6.07) is 6.62. The van der Waals surface area contributed by atoms with E-state index in [1.807, 2.05) is 14.0 Å². The molecule has 0 heterocycles. The largest absolute Gasteiger partial charge is 0.355 e. The highest BCUT2D eigenvalue weighted by Crippen LogP contribution is 2.09. The number of aryl methyl sites for hydroxylation is 1. The van der Waals surface area contributed by atoms with Crippen LogP contribution in [0.3, 0.4) is 0 Å². The van der Waals surface area contributed by atoms with Crippen LogP contribution in [0.5, 0.6) is 0 Å². The quantitative estimate of drug-likeness (QED) is 0.576. The van der Waals surface area contributed by atoms with Gasteiger partial charge in [0, 0.05) is 19.5 Å². The van der Waals surface area contributed by atoms with Gasteiger partial charge in [-0.1, -0.05) is 17.7 Å². The summed E-state index contributed by atoms with van der Waals surface area (Å²) in [5.74, 6) is -0.0696. The summed E-state index contributed by atoms with van der Waals surface area (Å²) in [6.45, 7) is 3.14. The highest BCUT2D eigenvalue weighted by Gasteiger charge is 2.12. The van der Waals surface area contributed by atoms with Gasteiger partial charge in [0.2, 0.25) is 15.9 Å². The lowest BCUT2D eigenvalue weighted by Gasteiger charge is -2.08. The standard InChI is InChI=1S/C14H23N3O3S/c1-12-5-7-13(8-6-12)21(19,20)17-11-10-16-14(18)4-3-9-15-2/h5-8,15,17H,3-4,9-11H2,1-2H3,(H,16,18). The fourth-order valence-corrected chi connectivity index (χ4v) is 2.73. The molecule has 0 spiro atoms. The summed E-state index contributed by atoms with van der Waals surface area (Å²) in [5.41, 5.74) is 1.00. The number of nitrogens with one attached hydrogen (secondary N) is 3. The van der Waals surface area contributed by atoms with E-state index in [4.69, 9.17) is 0 Å². The Bertz CT molecular complexity index is 541. The Morgan fingerprint density at radius 3 is 2.38 bits per heavy atom. The Labute approximate surface area is 126 Å². The van der Waals surface area contributed by atoms with E-state index in [2.05, 4.69) is 15.4 Å². The Kier molecular flexibility index (Phi) is 7.35. The number of amides is 1. The second kappa shape index (κ2) is 8.76. The highest BCUT2D eigenvalue weighted by atomic mass is 32.2. The molecular weight excluding hydrogens is 290 g/mol. The molecule has 0 saturated heterocycles. The zero-order chi connectivity index (χ0) is 15.7. The molecule has 1 rings (SSSR count). The lowest BCUT2D eigenvalue weighted by molar-refractivity contribution is -0.121. The van der Waals surface area contributed by atoms with Crippen LogP contribution in [0.4, 0.5) is 0 Å². The van der Waals surface area contributed by atoms with E-state index in [9.17, 15) is 13.2 Å². The van der Waals surface area contributed by atoms with Gasteiger partial charge in [0.15, 0.2) is 0 Å². The summed E-state index contributed by atoms with van der Waals surface area (Å²) in [7, 11) is -1.68. The zero-order valence-corrected chi connectivity index (χ0v) is 13.3. The molecular formula is C14H23N3O3S. The van der Waals surface area contributed by atoms with Crippen LogP contribution in [-0.2, 0) is 14.8 Å². The van der Waals surface area contributed by atoms with Crippen molar-refractivity contribution in [2.75, 3.05) is 26.7 Å². The van der Waals surface area contributed by atoms with Crippen LogP contribution in [0, 0.1) is 6.92 Å². The number of benzene rings is 1. The average molecular weight is 313 g/mol. The number of rotatable bonds is 9. The molecule has 3 N–H and O–H groups in total. The lowest BCUT2D eigenvalue weighted by atomic mass is 10.2. The minimum Gasteiger partial charge on any atom is -0.355 e. The Balaban J connectivity index is 2.31. The number of sulfonamides is 1. The minimum atomic E-state index is -3.51. The third-order valence-corrected chi connectivity index (χ3v) is 4.38. The Morgan fingerprint density at radius 1 is 1.10 bits per heavy atom. The van der Waals surface area contributed by atoms with E-state index in [1.165, 1.54) is 0 Å². The predicted octanol–water partition coefficient (Wildman–Crippen LogP) is 0.389. The number of carbonyl (C=O) groups excluding carboxylic acids is 1. The first kappa shape index (κ1) is 17.6. The van der Waals surface area contributed by atoms with E-state index in [0.717, 1.165) is 18.5 Å². The maximum Gasteiger partial charge on any atom is 0.240 e. The van der Waals surface area contributed by atoms with Crippen LogP contribution in [0.15, 0.2) is 29.2 Å². The first-order valence-corrected chi connectivity index (χ1v) is 8.41. The molecule has 1 aromatic rings. The van der Waals surface area contributed by atoms with Gasteiger partial charge >= 0.3 is 0 Å². The van der Waals surface area contributed by atoms with Crippen molar-refractivity contribution in [1.29, 1.82) is 0 Å². The SMILES string of the molecule is CNCCCC(=O)NCCNS(=O)(=O)c1ccc(C)cc1. The first-order valence-electron chi connectivity index (χ1n) is 6.93. The first-order chi connectivity index (χ1) is 9.95. The van der Waals surface area contributed by atoms with Crippen molar-refractivity contribution in [2.24, 2.45) is 0 Å². The summed E-state index contributed by atoms with van der Waals surface area (Å²) in [5, 5.41) is 5.64. The fraction of sp³-hybridized carbons (Fsp3) is 0.500. The average Bonchev–Trinajstić information content (AvgIpc) is 2.44. The Morgan fingerprint density at radius 2 is 1.76 bits per heavy atom. The van der Waals surface area contributed by atoms with Crippen LogP contribution in [0.1, 0.15) is 18.4 Å². The Hall–Kier alpha value is -1.44. The van der Waals surface area contributed by atoms with Crippen molar-refractivity contribution < 1.29 is 13.2 Å². The number of hydrogen-bond acceptors (Lipinski definition) is 4. The van der Waals surface area contributed by atoms with Crippen molar-refractivity contribution in [3.8, 4) is 0 Å². The van der Waals surface area contributed by atoms with Crippen LogP contribution < -0.4 is 15.4 Å². The van der Waals surface area contributed by atoms with E-state index >= 15 is 0 Å². The zero-order valence-electron chi connectivity index (χ0n) is 12.5. The molecule has 0 aliphatic heterocycles. The third-order valence-electron chi connectivity index (χ3n) is 2.90. The maximum atomic E-state index is 12.0. The third kappa shape index (κ3) is 6.70. The molecule has 0 aliphatic rings. The van der Waals surface area contributed by atoms with Crippen molar-refractivity contribution in [2.45, 2.75) is 24.7 Å². The van der Waals surface area contributed by atoms with Gasteiger partial charge in [-0.05, 0) is 39.1 Å². The second-order valence-corrected chi connectivity index (χ2v) is 6.53. The normalized spacial score (nSPS) is 11.3. The molecule has 0 aromatic heterocycles. The van der Waals surface area contributed by atoms with Gasteiger partial charge in [-0.25, -0.2) is 13.1 Å². The van der Waals surface area contributed by atoms with Crippen LogP contribution in [0.2, 0.25) is 0 Å². The van der Waals surface area contributed by atoms with Crippen molar-refractivity contribution >= 4 is 15.9 Å². The highest BCUT2D eigenvalue weighted by molar-refractivity contribution is 7.89. The molecule has 6 nitrogen and oxygen atoms in total. The molecule has 7 heteroatoms. The summed E-state index contributed by atoms with van der Waals surface area (Å²) >= 11 is 0. The van der Waals surface area contributed by atoms with Gasteiger partial charge in [-0.3, -0.25) is 4.79 Å². The van der Waals surface area contributed by atoms with Crippen LogP contribution in [-0.4, -0.2) is 41.0 Å². The van der Waals surface area contributed by atoms with E-state index in [0.29, 0.717) is 6.42 Å². The molecule has 0 saturated carbocycles. The molecule has 0 unspecified atom stereocenters.